The molecule has 0 saturated carbocycles. The van der Waals surface area contributed by atoms with Gasteiger partial charge in [-0.25, -0.2) is 0 Å². The molecule has 2 N–H and O–H groups in total. The van der Waals surface area contributed by atoms with Crippen LogP contribution in [0.4, 0.5) is 5.69 Å². The molecule has 0 bridgehead atoms. The van der Waals surface area contributed by atoms with Crippen molar-refractivity contribution in [1.82, 2.24) is 0 Å². The van der Waals surface area contributed by atoms with Gasteiger partial charge in [-0.3, -0.25) is 0 Å². The molecule has 1 aliphatic rings. The summed E-state index contributed by atoms with van der Waals surface area (Å²) in [6.45, 7) is 0. The van der Waals surface area contributed by atoms with E-state index in [1.165, 1.54) is 11.1 Å². The van der Waals surface area contributed by atoms with Crippen molar-refractivity contribution in [2.75, 3.05) is 5.73 Å². The van der Waals surface area contributed by atoms with E-state index >= 15 is 0 Å². The number of hydrogen-bond acceptors (Lipinski definition) is 1. The van der Waals surface area contributed by atoms with E-state index in [1.54, 1.807) is 0 Å². The van der Waals surface area contributed by atoms with Crippen molar-refractivity contribution in [1.29, 1.82) is 0 Å². The standard InChI is InChI=1S/C15H15N/c16-15-10-8-14(9-11-15)12-13-6-4-2-1-3-5-7-13/h1-11H,12,16H2/b2-1+,3-1?,4-2?,5-3-,6-4-,7-5?,13-6?,13-7-. The van der Waals surface area contributed by atoms with Crippen LogP contribution in [0, 0.1) is 0 Å². The van der Waals surface area contributed by atoms with Crippen LogP contribution in [0.3, 0.4) is 0 Å². The molecular formula is C15H15N. The monoisotopic (exact) mass is 209 g/mol. The van der Waals surface area contributed by atoms with E-state index in [9.17, 15) is 0 Å². The van der Waals surface area contributed by atoms with Crippen molar-refractivity contribution in [2.24, 2.45) is 0 Å². The zero-order valence-electron chi connectivity index (χ0n) is 9.14. The fourth-order valence-electron chi connectivity index (χ4n) is 1.60. The van der Waals surface area contributed by atoms with Gasteiger partial charge in [0.25, 0.3) is 0 Å². The Morgan fingerprint density at radius 2 is 1.50 bits per heavy atom. The topological polar surface area (TPSA) is 26.0 Å². The van der Waals surface area contributed by atoms with Crippen LogP contribution in [-0.2, 0) is 6.42 Å². The van der Waals surface area contributed by atoms with Gasteiger partial charge in [-0.1, -0.05) is 54.7 Å². The molecule has 2 rings (SSSR count). The van der Waals surface area contributed by atoms with Gasteiger partial charge in [0.15, 0.2) is 0 Å². The SMILES string of the molecule is Nc1ccc(CC2=C\C=C/C=C/C=C\2)cc1. The van der Waals surface area contributed by atoms with Gasteiger partial charge in [-0.15, -0.1) is 0 Å². The Kier molecular flexibility index (Phi) is 3.39. The Morgan fingerprint density at radius 1 is 0.812 bits per heavy atom. The summed E-state index contributed by atoms with van der Waals surface area (Å²) >= 11 is 0. The van der Waals surface area contributed by atoms with E-state index in [1.807, 2.05) is 30.4 Å². The summed E-state index contributed by atoms with van der Waals surface area (Å²) in [5.41, 5.74) is 9.05. The molecule has 0 amide bonds. The summed E-state index contributed by atoms with van der Waals surface area (Å²) in [6.07, 6.45) is 15.4. The van der Waals surface area contributed by atoms with Gasteiger partial charge < -0.3 is 5.73 Å². The Labute approximate surface area is 96.3 Å². The molecular weight excluding hydrogens is 194 g/mol. The van der Waals surface area contributed by atoms with Crippen LogP contribution < -0.4 is 5.73 Å². The highest BCUT2D eigenvalue weighted by Crippen LogP contribution is 2.12. The Hall–Kier alpha value is -2.02. The molecule has 0 heterocycles. The molecule has 0 fully saturated rings. The summed E-state index contributed by atoms with van der Waals surface area (Å²) in [6, 6.07) is 8.03. The molecule has 1 heteroatoms. The molecule has 1 aromatic rings. The molecule has 1 nitrogen and oxygen atoms in total. The maximum absolute atomic E-state index is 5.66. The van der Waals surface area contributed by atoms with E-state index in [0.717, 1.165) is 12.1 Å². The Morgan fingerprint density at radius 3 is 2.31 bits per heavy atom. The maximum Gasteiger partial charge on any atom is 0.0314 e. The molecule has 0 saturated heterocycles. The second-order valence-corrected chi connectivity index (χ2v) is 3.79. The van der Waals surface area contributed by atoms with Crippen LogP contribution >= 0.6 is 0 Å². The lowest BCUT2D eigenvalue weighted by Gasteiger charge is -2.03. The second kappa shape index (κ2) is 5.17. The number of anilines is 1. The average Bonchev–Trinajstić information content (AvgIpc) is 2.25. The first-order chi connectivity index (χ1) is 7.84. The fraction of sp³-hybridized carbons (Fsp3) is 0.0667. The van der Waals surface area contributed by atoms with E-state index in [2.05, 4.69) is 36.4 Å². The third kappa shape index (κ3) is 2.99. The summed E-state index contributed by atoms with van der Waals surface area (Å²) in [5.74, 6) is 0. The molecule has 0 aromatic heterocycles. The fourth-order valence-corrected chi connectivity index (χ4v) is 1.60. The zero-order valence-corrected chi connectivity index (χ0v) is 9.14. The quantitative estimate of drug-likeness (QED) is 0.742. The summed E-state index contributed by atoms with van der Waals surface area (Å²) in [4.78, 5) is 0. The first kappa shape index (κ1) is 10.5. The lowest BCUT2D eigenvalue weighted by molar-refractivity contribution is 1.20. The average molecular weight is 209 g/mol. The highest BCUT2D eigenvalue weighted by Gasteiger charge is 1.96. The predicted molar refractivity (Wildman–Crippen MR) is 70.1 cm³/mol. The first-order valence-corrected chi connectivity index (χ1v) is 5.39. The third-order valence-electron chi connectivity index (χ3n) is 2.45. The van der Waals surface area contributed by atoms with Crippen molar-refractivity contribution in [3.05, 3.63) is 77.9 Å². The van der Waals surface area contributed by atoms with Crippen molar-refractivity contribution < 1.29 is 0 Å². The molecule has 16 heavy (non-hydrogen) atoms. The molecule has 0 aliphatic heterocycles. The molecule has 80 valence electrons. The predicted octanol–water partition coefficient (Wildman–Crippen LogP) is 3.42. The molecule has 0 spiro atoms. The van der Waals surface area contributed by atoms with Crippen molar-refractivity contribution >= 4 is 5.69 Å². The minimum absolute atomic E-state index is 0.814. The molecule has 0 unspecified atom stereocenters. The van der Waals surface area contributed by atoms with E-state index in [4.69, 9.17) is 5.73 Å². The Balaban J connectivity index is 2.12. The highest BCUT2D eigenvalue weighted by atomic mass is 14.5. The normalized spacial score (nSPS) is 23.6. The third-order valence-corrected chi connectivity index (χ3v) is 2.45. The lowest BCUT2D eigenvalue weighted by Crippen LogP contribution is -1.90. The molecule has 0 atom stereocenters. The highest BCUT2D eigenvalue weighted by molar-refractivity contribution is 5.42. The Bertz CT molecular complexity index is 459. The minimum atomic E-state index is 0.814. The number of hydrogen-bond donors (Lipinski definition) is 1. The van der Waals surface area contributed by atoms with Crippen molar-refractivity contribution in [3.8, 4) is 0 Å². The van der Waals surface area contributed by atoms with E-state index in [-0.39, 0.29) is 0 Å². The van der Waals surface area contributed by atoms with Gasteiger partial charge in [0.2, 0.25) is 0 Å². The summed E-state index contributed by atoms with van der Waals surface area (Å²) in [7, 11) is 0. The minimum Gasteiger partial charge on any atom is -0.399 e. The van der Waals surface area contributed by atoms with E-state index < -0.39 is 0 Å². The van der Waals surface area contributed by atoms with Gasteiger partial charge in [0.05, 0.1) is 0 Å². The lowest BCUT2D eigenvalue weighted by atomic mass is 10.0. The van der Waals surface area contributed by atoms with Gasteiger partial charge in [0, 0.05) is 5.69 Å². The zero-order chi connectivity index (χ0) is 11.2. The van der Waals surface area contributed by atoms with Crippen molar-refractivity contribution in [2.45, 2.75) is 6.42 Å². The number of nitrogens with two attached hydrogens (primary N) is 1. The van der Waals surface area contributed by atoms with Gasteiger partial charge >= 0.3 is 0 Å². The summed E-state index contributed by atoms with van der Waals surface area (Å²) < 4.78 is 0. The summed E-state index contributed by atoms with van der Waals surface area (Å²) in [5, 5.41) is 0. The number of benzene rings is 1. The van der Waals surface area contributed by atoms with Crippen LogP contribution in [0.1, 0.15) is 5.56 Å². The van der Waals surface area contributed by atoms with E-state index in [0.29, 0.717) is 0 Å². The van der Waals surface area contributed by atoms with Crippen LogP contribution in [0.5, 0.6) is 0 Å². The van der Waals surface area contributed by atoms with Crippen LogP contribution in [0.15, 0.2) is 72.4 Å². The van der Waals surface area contributed by atoms with Gasteiger partial charge in [0.1, 0.15) is 0 Å². The number of nitrogen functional groups attached to an aromatic ring is 1. The van der Waals surface area contributed by atoms with Gasteiger partial charge in [-0.2, -0.15) is 0 Å². The second-order valence-electron chi connectivity index (χ2n) is 3.79. The molecule has 1 aromatic carbocycles. The number of rotatable bonds is 2. The first-order valence-electron chi connectivity index (χ1n) is 5.39. The van der Waals surface area contributed by atoms with Crippen LogP contribution in [0.25, 0.3) is 0 Å². The van der Waals surface area contributed by atoms with Crippen LogP contribution in [-0.4, -0.2) is 0 Å². The molecule has 0 radical (unpaired) electrons. The van der Waals surface area contributed by atoms with Crippen molar-refractivity contribution in [3.63, 3.8) is 0 Å². The number of allylic oxidation sites excluding steroid dienone is 8. The molecule has 1 aliphatic carbocycles. The largest absolute Gasteiger partial charge is 0.399 e. The smallest absolute Gasteiger partial charge is 0.0314 e. The van der Waals surface area contributed by atoms with Gasteiger partial charge in [-0.05, 0) is 29.7 Å². The maximum atomic E-state index is 5.66. The van der Waals surface area contributed by atoms with Crippen LogP contribution in [0.2, 0.25) is 0 Å².